The summed E-state index contributed by atoms with van der Waals surface area (Å²) in [4.78, 5) is 11.7. The Morgan fingerprint density at radius 1 is 1.38 bits per heavy atom. The molecule has 4 nitrogen and oxygen atoms in total. The summed E-state index contributed by atoms with van der Waals surface area (Å²) in [6.45, 7) is 0. The summed E-state index contributed by atoms with van der Waals surface area (Å²) in [7, 11) is 0. The van der Waals surface area contributed by atoms with E-state index < -0.39 is 0 Å². The Balaban J connectivity index is 1.94. The second-order valence-electron chi connectivity index (χ2n) is 4.11. The Hall–Kier alpha value is -1.86. The number of anilines is 1. The molecule has 1 aromatic carbocycles. The minimum atomic E-state index is 0.0198. The zero-order chi connectivity index (χ0) is 11.5. The fourth-order valence-electron chi connectivity index (χ4n) is 1.75. The number of carbonyl (C=O) groups is 1. The highest BCUT2D eigenvalue weighted by atomic mass is 16.1. The van der Waals surface area contributed by atoms with Crippen molar-refractivity contribution in [2.24, 2.45) is 11.7 Å². The van der Waals surface area contributed by atoms with Crippen LogP contribution in [0, 0.1) is 17.2 Å². The topological polar surface area (TPSA) is 78.9 Å². The molecule has 3 N–H and O–H groups in total. The van der Waals surface area contributed by atoms with Gasteiger partial charge in [-0.25, -0.2) is 0 Å². The van der Waals surface area contributed by atoms with Crippen LogP contribution in [0.1, 0.15) is 18.4 Å². The van der Waals surface area contributed by atoms with E-state index in [0.29, 0.717) is 5.56 Å². The van der Waals surface area contributed by atoms with Gasteiger partial charge in [0, 0.05) is 17.6 Å². The zero-order valence-electron chi connectivity index (χ0n) is 8.81. The lowest BCUT2D eigenvalue weighted by molar-refractivity contribution is -0.122. The first kappa shape index (κ1) is 10.7. The number of amides is 1. The minimum absolute atomic E-state index is 0.0198. The van der Waals surface area contributed by atoms with E-state index in [1.54, 1.807) is 24.3 Å². The van der Waals surface area contributed by atoms with Gasteiger partial charge in [-0.1, -0.05) is 0 Å². The van der Waals surface area contributed by atoms with Crippen molar-refractivity contribution < 1.29 is 4.79 Å². The molecule has 1 aliphatic rings. The lowest BCUT2D eigenvalue weighted by atomic mass is 9.80. The van der Waals surface area contributed by atoms with E-state index in [2.05, 4.69) is 5.32 Å². The molecule has 1 aliphatic carbocycles. The summed E-state index contributed by atoms with van der Waals surface area (Å²) >= 11 is 0. The average molecular weight is 215 g/mol. The molecule has 16 heavy (non-hydrogen) atoms. The molecule has 0 heterocycles. The maximum absolute atomic E-state index is 11.7. The zero-order valence-corrected chi connectivity index (χ0v) is 8.81. The molecule has 0 spiro atoms. The number of rotatable bonds is 2. The molecule has 82 valence electrons. The summed E-state index contributed by atoms with van der Waals surface area (Å²) in [5.41, 5.74) is 6.93. The van der Waals surface area contributed by atoms with Gasteiger partial charge in [0.15, 0.2) is 0 Å². The molecule has 2 rings (SSSR count). The molecule has 0 radical (unpaired) electrons. The van der Waals surface area contributed by atoms with Crippen LogP contribution in [-0.2, 0) is 4.79 Å². The molecule has 0 saturated heterocycles. The van der Waals surface area contributed by atoms with Crippen molar-refractivity contribution in [2.45, 2.75) is 18.9 Å². The quantitative estimate of drug-likeness (QED) is 0.778. The predicted octanol–water partition coefficient (Wildman–Crippen LogP) is 1.23. The van der Waals surface area contributed by atoms with E-state index in [9.17, 15) is 4.79 Å². The highest BCUT2D eigenvalue weighted by molar-refractivity contribution is 5.93. The molecule has 0 atom stereocenters. The van der Waals surface area contributed by atoms with Gasteiger partial charge in [0.1, 0.15) is 0 Å². The summed E-state index contributed by atoms with van der Waals surface area (Å²) in [5.74, 6) is 0.0667. The van der Waals surface area contributed by atoms with E-state index in [0.717, 1.165) is 18.5 Å². The monoisotopic (exact) mass is 215 g/mol. The third kappa shape index (κ3) is 2.20. The molecule has 1 aromatic rings. The number of nitrogens with zero attached hydrogens (tertiary/aromatic N) is 1. The predicted molar refractivity (Wildman–Crippen MR) is 60.5 cm³/mol. The SMILES string of the molecule is N#Cc1ccc(NC(=O)C2CC(N)C2)cc1. The van der Waals surface area contributed by atoms with E-state index in [4.69, 9.17) is 11.0 Å². The Labute approximate surface area is 94.1 Å². The molecule has 1 saturated carbocycles. The molecule has 4 heteroatoms. The maximum atomic E-state index is 11.7. The molecule has 1 amide bonds. The van der Waals surface area contributed by atoms with Crippen LogP contribution in [0.4, 0.5) is 5.69 Å². The summed E-state index contributed by atoms with van der Waals surface area (Å²) in [6, 6.07) is 9.03. The van der Waals surface area contributed by atoms with Crippen molar-refractivity contribution in [1.82, 2.24) is 0 Å². The van der Waals surface area contributed by atoms with Crippen molar-refractivity contribution in [3.05, 3.63) is 29.8 Å². The van der Waals surface area contributed by atoms with Gasteiger partial charge < -0.3 is 11.1 Å². The van der Waals surface area contributed by atoms with Gasteiger partial charge in [0.2, 0.25) is 5.91 Å². The Kier molecular flexibility index (Phi) is 2.88. The molecule has 0 unspecified atom stereocenters. The van der Waals surface area contributed by atoms with Crippen molar-refractivity contribution >= 4 is 11.6 Å². The number of nitrogens with two attached hydrogens (primary N) is 1. The molecule has 0 aliphatic heterocycles. The summed E-state index contributed by atoms with van der Waals surface area (Å²) in [6.07, 6.45) is 1.53. The smallest absolute Gasteiger partial charge is 0.227 e. The van der Waals surface area contributed by atoms with E-state index in [1.165, 1.54) is 0 Å². The van der Waals surface area contributed by atoms with Crippen molar-refractivity contribution in [3.63, 3.8) is 0 Å². The van der Waals surface area contributed by atoms with Crippen LogP contribution in [0.3, 0.4) is 0 Å². The number of nitrogens with one attached hydrogen (secondary N) is 1. The van der Waals surface area contributed by atoms with Crippen LogP contribution in [0.15, 0.2) is 24.3 Å². The summed E-state index contributed by atoms with van der Waals surface area (Å²) < 4.78 is 0. The van der Waals surface area contributed by atoms with Crippen LogP contribution in [0.2, 0.25) is 0 Å². The third-order valence-corrected chi connectivity index (χ3v) is 2.83. The fourth-order valence-corrected chi connectivity index (χ4v) is 1.75. The lowest BCUT2D eigenvalue weighted by Gasteiger charge is -2.31. The first-order valence-corrected chi connectivity index (χ1v) is 5.25. The van der Waals surface area contributed by atoms with Crippen LogP contribution >= 0.6 is 0 Å². The van der Waals surface area contributed by atoms with Gasteiger partial charge in [-0.2, -0.15) is 5.26 Å². The average Bonchev–Trinajstić information content (AvgIpc) is 2.26. The second kappa shape index (κ2) is 4.33. The normalized spacial score (nSPS) is 23.0. The molecule has 0 bridgehead atoms. The number of carbonyl (C=O) groups excluding carboxylic acids is 1. The van der Waals surface area contributed by atoms with Crippen LogP contribution in [0.5, 0.6) is 0 Å². The van der Waals surface area contributed by atoms with Crippen LogP contribution in [-0.4, -0.2) is 11.9 Å². The standard InChI is InChI=1S/C12H13N3O/c13-7-8-1-3-11(4-2-8)15-12(16)9-5-10(14)6-9/h1-4,9-10H,5-6,14H2,(H,15,16). The van der Waals surface area contributed by atoms with Crippen LogP contribution in [0.25, 0.3) is 0 Å². The molecule has 1 fully saturated rings. The Bertz CT molecular complexity index is 427. The Morgan fingerprint density at radius 3 is 2.50 bits per heavy atom. The van der Waals surface area contributed by atoms with Crippen molar-refractivity contribution in [2.75, 3.05) is 5.32 Å². The van der Waals surface area contributed by atoms with E-state index in [-0.39, 0.29) is 17.9 Å². The van der Waals surface area contributed by atoms with Gasteiger partial charge in [0.25, 0.3) is 0 Å². The molecule has 0 aromatic heterocycles. The highest BCUT2D eigenvalue weighted by Gasteiger charge is 2.31. The molecular weight excluding hydrogens is 202 g/mol. The van der Waals surface area contributed by atoms with Crippen molar-refractivity contribution in [3.8, 4) is 6.07 Å². The largest absolute Gasteiger partial charge is 0.328 e. The van der Waals surface area contributed by atoms with Gasteiger partial charge in [-0.3, -0.25) is 4.79 Å². The number of hydrogen-bond donors (Lipinski definition) is 2. The van der Waals surface area contributed by atoms with Gasteiger partial charge in [0.05, 0.1) is 11.6 Å². The molecular formula is C12H13N3O. The highest BCUT2D eigenvalue weighted by Crippen LogP contribution is 2.26. The lowest BCUT2D eigenvalue weighted by Crippen LogP contribution is -2.42. The second-order valence-corrected chi connectivity index (χ2v) is 4.11. The van der Waals surface area contributed by atoms with E-state index >= 15 is 0 Å². The fraction of sp³-hybridized carbons (Fsp3) is 0.333. The Morgan fingerprint density at radius 2 is 2.00 bits per heavy atom. The number of hydrogen-bond acceptors (Lipinski definition) is 3. The van der Waals surface area contributed by atoms with Gasteiger partial charge >= 0.3 is 0 Å². The van der Waals surface area contributed by atoms with Gasteiger partial charge in [-0.15, -0.1) is 0 Å². The van der Waals surface area contributed by atoms with Crippen molar-refractivity contribution in [1.29, 1.82) is 5.26 Å². The van der Waals surface area contributed by atoms with Crippen LogP contribution < -0.4 is 11.1 Å². The first-order chi connectivity index (χ1) is 7.69. The van der Waals surface area contributed by atoms with Gasteiger partial charge in [-0.05, 0) is 37.1 Å². The minimum Gasteiger partial charge on any atom is -0.328 e. The van der Waals surface area contributed by atoms with E-state index in [1.807, 2.05) is 6.07 Å². The summed E-state index contributed by atoms with van der Waals surface area (Å²) in [5, 5.41) is 11.4. The number of benzene rings is 1. The third-order valence-electron chi connectivity index (χ3n) is 2.83. The maximum Gasteiger partial charge on any atom is 0.227 e. The number of nitriles is 1. The first-order valence-electron chi connectivity index (χ1n) is 5.25.